The molecular weight excluding hydrogens is 346 g/mol. The number of carbonyl (C=O) groups excluding carboxylic acids is 3. The first-order valence-corrected chi connectivity index (χ1v) is 9.54. The highest BCUT2D eigenvalue weighted by Crippen LogP contribution is 2.08. The Morgan fingerprint density at radius 1 is 0.889 bits per heavy atom. The minimum atomic E-state index is -0.662. The first kappa shape index (κ1) is 22.5. The predicted octanol–water partition coefficient (Wildman–Crippen LogP) is 4.47. The Kier molecular flexibility index (Phi) is 11.4. The maximum Gasteiger partial charge on any atom is 0.344 e. The molecule has 0 fully saturated rings. The maximum atomic E-state index is 12.2. The van der Waals surface area contributed by atoms with E-state index in [1.807, 2.05) is 6.07 Å². The summed E-state index contributed by atoms with van der Waals surface area (Å²) in [6.45, 7) is 3.88. The van der Waals surface area contributed by atoms with Crippen LogP contribution in [-0.2, 0) is 19.1 Å². The van der Waals surface area contributed by atoms with Gasteiger partial charge in [0, 0.05) is 19.9 Å². The van der Waals surface area contributed by atoms with Gasteiger partial charge in [-0.2, -0.15) is 0 Å². The van der Waals surface area contributed by atoms with Crippen molar-refractivity contribution in [1.82, 2.24) is 0 Å². The number of hydrogen-bond acceptors (Lipinski definition) is 6. The highest BCUT2D eigenvalue weighted by atomic mass is 16.6. The van der Waals surface area contributed by atoms with E-state index in [9.17, 15) is 14.4 Å². The van der Waals surface area contributed by atoms with Gasteiger partial charge in [-0.05, 0) is 18.6 Å². The van der Waals surface area contributed by atoms with Crippen molar-refractivity contribution in [3.05, 3.63) is 35.9 Å². The zero-order valence-corrected chi connectivity index (χ0v) is 16.2. The van der Waals surface area contributed by atoms with Crippen molar-refractivity contribution in [3.8, 4) is 0 Å². The van der Waals surface area contributed by atoms with Crippen LogP contribution in [0.5, 0.6) is 0 Å². The minimum Gasteiger partial charge on any atom is -0.408 e. The van der Waals surface area contributed by atoms with E-state index >= 15 is 0 Å². The molecule has 0 saturated heterocycles. The largest absolute Gasteiger partial charge is 0.408 e. The number of unbranched alkanes of at least 4 members (excludes halogenated alkanes) is 5. The third-order valence-electron chi connectivity index (χ3n) is 3.82. The molecule has 1 aromatic rings. The molecule has 0 unspecified atom stereocenters. The third-order valence-corrected chi connectivity index (χ3v) is 3.82. The summed E-state index contributed by atoms with van der Waals surface area (Å²) in [4.78, 5) is 38.9. The molecule has 0 bridgehead atoms. The lowest BCUT2D eigenvalue weighted by atomic mass is 10.1. The van der Waals surface area contributed by atoms with Crippen LogP contribution in [0.4, 0.5) is 0 Å². The van der Waals surface area contributed by atoms with E-state index in [1.54, 1.807) is 24.3 Å². The summed E-state index contributed by atoms with van der Waals surface area (Å²) in [5.74, 6) is -1.65. The molecule has 0 saturated carbocycles. The normalized spacial score (nSPS) is 11.1. The summed E-state index contributed by atoms with van der Waals surface area (Å²) in [5, 5.41) is 0. The number of rotatable bonds is 11. The van der Waals surface area contributed by atoms with Crippen molar-refractivity contribution in [2.45, 2.75) is 65.2 Å². The highest BCUT2D eigenvalue weighted by molar-refractivity contribution is 5.99. The zero-order valence-electron chi connectivity index (χ0n) is 16.2. The van der Waals surface area contributed by atoms with Gasteiger partial charge in [-0.25, -0.2) is 4.79 Å². The smallest absolute Gasteiger partial charge is 0.344 e. The second kappa shape index (κ2) is 13.7. The minimum absolute atomic E-state index is 0.0724. The molecule has 0 heterocycles. The Labute approximate surface area is 161 Å². The number of esters is 3. The quantitative estimate of drug-likeness (QED) is 0.187. The third kappa shape index (κ3) is 10.9. The monoisotopic (exact) mass is 375 g/mol. The van der Waals surface area contributed by atoms with Gasteiger partial charge in [0.05, 0.1) is 12.0 Å². The molecule has 6 heteroatoms. The Morgan fingerprint density at radius 2 is 1.56 bits per heavy atom. The van der Waals surface area contributed by atoms with E-state index < -0.39 is 17.9 Å². The van der Waals surface area contributed by atoms with E-state index in [2.05, 4.69) is 16.7 Å². The van der Waals surface area contributed by atoms with E-state index in [-0.39, 0.29) is 18.7 Å². The molecule has 148 valence electrons. The van der Waals surface area contributed by atoms with Crippen molar-refractivity contribution in [2.24, 2.45) is 4.99 Å². The molecule has 1 aromatic carbocycles. The summed E-state index contributed by atoms with van der Waals surface area (Å²) in [6, 6.07) is 8.60. The lowest BCUT2D eigenvalue weighted by molar-refractivity contribution is -0.157. The first-order chi connectivity index (χ1) is 13.0. The van der Waals surface area contributed by atoms with Crippen molar-refractivity contribution < 1.29 is 23.9 Å². The Morgan fingerprint density at radius 3 is 2.22 bits per heavy atom. The number of benzene rings is 1. The summed E-state index contributed by atoms with van der Waals surface area (Å²) >= 11 is 0. The number of hydrogen-bond donors (Lipinski definition) is 0. The standard InChI is InChI=1S/C21H29NO5/c1-3-4-5-6-7-11-16-22-19(14-15-20(24)26-17(2)23)27-21(25)18-12-9-8-10-13-18/h8-10,12-13H,3-7,11,14-16H2,1-2H3. The summed E-state index contributed by atoms with van der Waals surface area (Å²) in [7, 11) is 0. The molecular formula is C21H29NO5. The van der Waals surface area contributed by atoms with Gasteiger partial charge in [0.1, 0.15) is 0 Å². The molecule has 0 aliphatic rings. The Balaban J connectivity index is 2.56. The van der Waals surface area contributed by atoms with Gasteiger partial charge in [0.15, 0.2) is 5.90 Å². The van der Waals surface area contributed by atoms with Crippen molar-refractivity contribution >= 4 is 23.8 Å². The van der Waals surface area contributed by atoms with Gasteiger partial charge in [-0.3, -0.25) is 14.6 Å². The molecule has 0 aliphatic heterocycles. The molecule has 0 N–H and O–H groups in total. The van der Waals surface area contributed by atoms with Gasteiger partial charge in [-0.1, -0.05) is 57.2 Å². The van der Waals surface area contributed by atoms with Crippen LogP contribution in [0, 0.1) is 0 Å². The molecule has 6 nitrogen and oxygen atoms in total. The van der Waals surface area contributed by atoms with E-state index in [1.165, 1.54) is 26.2 Å². The average molecular weight is 375 g/mol. The van der Waals surface area contributed by atoms with Crippen molar-refractivity contribution in [2.75, 3.05) is 6.54 Å². The van der Waals surface area contributed by atoms with Crippen LogP contribution in [0.25, 0.3) is 0 Å². The van der Waals surface area contributed by atoms with Crippen LogP contribution in [0.3, 0.4) is 0 Å². The predicted molar refractivity (Wildman–Crippen MR) is 104 cm³/mol. The number of ether oxygens (including phenoxy) is 2. The molecule has 0 amide bonds. The first-order valence-electron chi connectivity index (χ1n) is 9.54. The summed E-state index contributed by atoms with van der Waals surface area (Å²) in [6.07, 6.45) is 6.82. The average Bonchev–Trinajstić information content (AvgIpc) is 2.65. The van der Waals surface area contributed by atoms with Crippen LogP contribution in [0.2, 0.25) is 0 Å². The van der Waals surface area contributed by atoms with Gasteiger partial charge < -0.3 is 9.47 Å². The molecule has 1 rings (SSSR count). The number of aliphatic imine (C=N–C) groups is 1. The van der Waals surface area contributed by atoms with Crippen LogP contribution in [0.15, 0.2) is 35.3 Å². The fourth-order valence-electron chi connectivity index (χ4n) is 2.42. The van der Waals surface area contributed by atoms with Gasteiger partial charge >= 0.3 is 17.9 Å². The second-order valence-corrected chi connectivity index (χ2v) is 6.26. The van der Waals surface area contributed by atoms with E-state index in [4.69, 9.17) is 4.74 Å². The zero-order chi connectivity index (χ0) is 19.9. The lowest BCUT2D eigenvalue weighted by Crippen LogP contribution is -2.16. The van der Waals surface area contributed by atoms with Crippen LogP contribution in [0.1, 0.15) is 75.6 Å². The van der Waals surface area contributed by atoms with Crippen molar-refractivity contribution in [3.63, 3.8) is 0 Å². The molecule has 0 aromatic heterocycles. The van der Waals surface area contributed by atoms with Crippen LogP contribution < -0.4 is 0 Å². The van der Waals surface area contributed by atoms with Crippen LogP contribution in [-0.4, -0.2) is 30.4 Å². The lowest BCUT2D eigenvalue weighted by Gasteiger charge is -2.08. The number of carbonyl (C=O) groups is 3. The van der Waals surface area contributed by atoms with E-state index in [0.29, 0.717) is 12.1 Å². The second-order valence-electron chi connectivity index (χ2n) is 6.26. The summed E-state index contributed by atoms with van der Waals surface area (Å²) in [5.41, 5.74) is 0.413. The van der Waals surface area contributed by atoms with Gasteiger partial charge in [0.25, 0.3) is 0 Å². The highest BCUT2D eigenvalue weighted by Gasteiger charge is 2.14. The molecule has 27 heavy (non-hydrogen) atoms. The van der Waals surface area contributed by atoms with Crippen LogP contribution >= 0.6 is 0 Å². The summed E-state index contributed by atoms with van der Waals surface area (Å²) < 4.78 is 9.85. The topological polar surface area (TPSA) is 82.0 Å². The van der Waals surface area contributed by atoms with Crippen molar-refractivity contribution in [1.29, 1.82) is 0 Å². The van der Waals surface area contributed by atoms with Gasteiger partial charge in [-0.15, -0.1) is 0 Å². The maximum absolute atomic E-state index is 12.2. The molecule has 0 spiro atoms. The van der Waals surface area contributed by atoms with E-state index in [0.717, 1.165) is 19.3 Å². The Hall–Kier alpha value is -2.50. The fourth-order valence-corrected chi connectivity index (χ4v) is 2.42. The van der Waals surface area contributed by atoms with Gasteiger partial charge in [0.2, 0.25) is 0 Å². The molecule has 0 radical (unpaired) electrons. The molecule has 0 atom stereocenters. The number of nitrogens with zero attached hydrogens (tertiary/aromatic N) is 1. The SMILES string of the molecule is CCCCCCCCN=C(CCC(=O)OC(C)=O)OC(=O)c1ccccc1. The molecule has 0 aliphatic carbocycles. The fraction of sp³-hybridized carbons (Fsp3) is 0.524. The Bertz CT molecular complexity index is 625.